The van der Waals surface area contributed by atoms with Crippen LogP contribution >= 0.6 is 0 Å². The second-order valence-electron chi connectivity index (χ2n) is 5.82. The van der Waals surface area contributed by atoms with Crippen molar-refractivity contribution in [3.8, 4) is 0 Å². The summed E-state index contributed by atoms with van der Waals surface area (Å²) in [5.41, 5.74) is 0. The molecule has 3 N–H and O–H groups in total. The van der Waals surface area contributed by atoms with Gasteiger partial charge in [-0.2, -0.15) is 0 Å². The molecular formula is C10H26N2O3+2. The van der Waals surface area contributed by atoms with Gasteiger partial charge >= 0.3 is 5.85 Å². The summed E-state index contributed by atoms with van der Waals surface area (Å²) < 4.78 is 0.701. The summed E-state index contributed by atoms with van der Waals surface area (Å²) >= 11 is 0. The minimum Gasteiger partial charge on any atom is -0.368 e. The lowest BCUT2D eigenvalue weighted by Gasteiger charge is -2.49. The molecule has 0 saturated carbocycles. The van der Waals surface area contributed by atoms with E-state index in [1.807, 2.05) is 42.3 Å². The third kappa shape index (κ3) is 3.39. The Morgan fingerprint density at radius 1 is 0.933 bits per heavy atom. The zero-order valence-corrected chi connectivity index (χ0v) is 10.7. The summed E-state index contributed by atoms with van der Waals surface area (Å²) in [7, 11) is 11.4. The van der Waals surface area contributed by atoms with Crippen LogP contribution in [-0.4, -0.2) is 78.7 Å². The highest BCUT2D eigenvalue weighted by Gasteiger charge is 2.52. The van der Waals surface area contributed by atoms with Crippen LogP contribution in [0.3, 0.4) is 0 Å². The van der Waals surface area contributed by atoms with Gasteiger partial charge in [0.2, 0.25) is 0 Å². The Balaban J connectivity index is 4.90. The van der Waals surface area contributed by atoms with Gasteiger partial charge in [0.15, 0.2) is 6.29 Å². The van der Waals surface area contributed by atoms with Gasteiger partial charge in [0.1, 0.15) is 0 Å². The van der Waals surface area contributed by atoms with E-state index in [-0.39, 0.29) is 6.42 Å². The van der Waals surface area contributed by atoms with Crippen LogP contribution in [0.25, 0.3) is 0 Å². The fourth-order valence-electron chi connectivity index (χ4n) is 1.89. The molecule has 0 bridgehead atoms. The van der Waals surface area contributed by atoms with Gasteiger partial charge in [-0.15, -0.1) is 0 Å². The third-order valence-electron chi connectivity index (χ3n) is 2.89. The minimum absolute atomic E-state index is 0.168. The summed E-state index contributed by atoms with van der Waals surface area (Å²) in [6, 6.07) is 0. The van der Waals surface area contributed by atoms with E-state index in [9.17, 15) is 5.11 Å². The maximum Gasteiger partial charge on any atom is 0.338 e. The van der Waals surface area contributed by atoms with Crippen molar-refractivity contribution < 1.29 is 24.3 Å². The Morgan fingerprint density at radius 2 is 1.27 bits per heavy atom. The second kappa shape index (κ2) is 4.35. The number of hydrogen-bond acceptors (Lipinski definition) is 3. The number of aliphatic hydroxyl groups excluding tert-OH is 1. The minimum atomic E-state index is -1.37. The van der Waals surface area contributed by atoms with Gasteiger partial charge in [-0.25, -0.2) is 0 Å². The molecule has 0 heterocycles. The third-order valence-corrected chi connectivity index (χ3v) is 2.89. The van der Waals surface area contributed by atoms with E-state index < -0.39 is 12.1 Å². The van der Waals surface area contributed by atoms with E-state index in [1.165, 1.54) is 0 Å². The van der Waals surface area contributed by atoms with Gasteiger partial charge in [-0.1, -0.05) is 0 Å². The monoisotopic (exact) mass is 222 g/mol. The SMILES string of the molecule is C[N+](C)(C)C(O)(CCC(O)O)[N+](C)(C)C. The molecule has 0 amide bonds. The van der Waals surface area contributed by atoms with Crippen LogP contribution in [0.15, 0.2) is 0 Å². The zero-order valence-electron chi connectivity index (χ0n) is 10.7. The lowest BCUT2D eigenvalue weighted by molar-refractivity contribution is -1.15. The Kier molecular flexibility index (Phi) is 4.29. The first-order valence-corrected chi connectivity index (χ1v) is 5.13. The fraction of sp³-hybridized carbons (Fsp3) is 1.00. The van der Waals surface area contributed by atoms with Gasteiger partial charge in [0.25, 0.3) is 0 Å². The van der Waals surface area contributed by atoms with Crippen LogP contribution in [0.1, 0.15) is 12.8 Å². The summed E-state index contributed by atoms with van der Waals surface area (Å²) in [6.45, 7) is 0. The van der Waals surface area contributed by atoms with Crippen LogP contribution in [0.5, 0.6) is 0 Å². The van der Waals surface area contributed by atoms with Crippen LogP contribution in [0, 0.1) is 0 Å². The molecule has 5 heteroatoms. The van der Waals surface area contributed by atoms with Gasteiger partial charge in [-0.3, -0.25) is 14.1 Å². The van der Waals surface area contributed by atoms with Gasteiger partial charge in [0, 0.05) is 6.42 Å². The Morgan fingerprint density at radius 3 is 1.47 bits per heavy atom. The smallest absolute Gasteiger partial charge is 0.338 e. The quantitative estimate of drug-likeness (QED) is 0.419. The molecule has 92 valence electrons. The molecule has 0 aromatic rings. The summed E-state index contributed by atoms with van der Waals surface area (Å²) in [5, 5.41) is 28.4. The molecule has 0 fully saturated rings. The molecule has 0 spiro atoms. The topological polar surface area (TPSA) is 60.7 Å². The average molecular weight is 222 g/mol. The van der Waals surface area contributed by atoms with E-state index in [0.717, 1.165) is 0 Å². The molecule has 0 aromatic carbocycles. The molecule has 0 rings (SSSR count). The lowest BCUT2D eigenvalue weighted by Crippen LogP contribution is -2.72. The Bertz CT molecular complexity index is 190. The number of quaternary nitrogens is 2. The van der Waals surface area contributed by atoms with Crippen LogP contribution in [0.4, 0.5) is 0 Å². The van der Waals surface area contributed by atoms with E-state index in [1.54, 1.807) is 0 Å². The standard InChI is InChI=1S/C10H26N2O3/c1-11(2,3)10(15,12(4,5)6)8-7-9(13)14/h9,13-15H,7-8H2,1-6H3/q+2. The van der Waals surface area contributed by atoms with Crippen molar-refractivity contribution in [3.63, 3.8) is 0 Å². The van der Waals surface area contributed by atoms with Crippen LogP contribution in [0.2, 0.25) is 0 Å². The predicted octanol–water partition coefficient (Wildman–Crippen LogP) is -0.864. The Hall–Kier alpha value is -0.200. The first kappa shape index (κ1) is 14.8. The molecule has 15 heavy (non-hydrogen) atoms. The average Bonchev–Trinajstić information content (AvgIpc) is 1.95. The highest BCUT2D eigenvalue weighted by Crippen LogP contribution is 2.29. The van der Waals surface area contributed by atoms with E-state index in [4.69, 9.17) is 10.2 Å². The van der Waals surface area contributed by atoms with Crippen molar-refractivity contribution in [1.82, 2.24) is 0 Å². The summed E-state index contributed by atoms with van der Waals surface area (Å²) in [6.07, 6.45) is -0.867. The molecule has 0 unspecified atom stereocenters. The molecule has 0 aliphatic carbocycles. The maximum atomic E-state index is 10.7. The van der Waals surface area contributed by atoms with E-state index >= 15 is 0 Å². The highest BCUT2D eigenvalue weighted by atomic mass is 16.5. The molecule has 0 radical (unpaired) electrons. The second-order valence-corrected chi connectivity index (χ2v) is 5.82. The van der Waals surface area contributed by atoms with E-state index in [0.29, 0.717) is 15.4 Å². The fourth-order valence-corrected chi connectivity index (χ4v) is 1.89. The lowest BCUT2D eigenvalue weighted by atomic mass is 10.1. The van der Waals surface area contributed by atoms with Gasteiger partial charge in [0.05, 0.1) is 48.7 Å². The molecule has 5 nitrogen and oxygen atoms in total. The maximum absolute atomic E-state index is 10.7. The van der Waals surface area contributed by atoms with Crippen LogP contribution < -0.4 is 0 Å². The number of rotatable bonds is 5. The summed E-state index contributed by atoms with van der Waals surface area (Å²) in [4.78, 5) is 0. The zero-order chi connectivity index (χ0) is 12.5. The van der Waals surface area contributed by atoms with Crippen molar-refractivity contribution >= 4 is 0 Å². The summed E-state index contributed by atoms with van der Waals surface area (Å²) in [5.74, 6) is -1.04. The number of nitrogens with zero attached hydrogens (tertiary/aromatic N) is 2. The predicted molar refractivity (Wildman–Crippen MR) is 58.5 cm³/mol. The molecular weight excluding hydrogens is 196 g/mol. The van der Waals surface area contributed by atoms with Crippen molar-refractivity contribution in [2.75, 3.05) is 42.3 Å². The molecule has 0 aliphatic rings. The van der Waals surface area contributed by atoms with Gasteiger partial charge in [-0.05, 0) is 0 Å². The first-order chi connectivity index (χ1) is 6.42. The first-order valence-electron chi connectivity index (χ1n) is 5.13. The highest BCUT2D eigenvalue weighted by molar-refractivity contribution is 4.56. The number of aliphatic hydroxyl groups is 3. The molecule has 0 saturated heterocycles. The van der Waals surface area contributed by atoms with Crippen molar-refractivity contribution in [3.05, 3.63) is 0 Å². The molecule has 0 atom stereocenters. The number of hydrogen-bond donors (Lipinski definition) is 3. The molecule has 0 aliphatic heterocycles. The Labute approximate surface area is 92.3 Å². The van der Waals surface area contributed by atoms with Crippen molar-refractivity contribution in [2.24, 2.45) is 0 Å². The van der Waals surface area contributed by atoms with E-state index in [2.05, 4.69) is 0 Å². The normalized spacial score (nSPS) is 14.8. The van der Waals surface area contributed by atoms with Gasteiger partial charge < -0.3 is 10.2 Å². The molecule has 0 aromatic heterocycles. The van der Waals surface area contributed by atoms with Crippen molar-refractivity contribution in [2.45, 2.75) is 25.0 Å². The van der Waals surface area contributed by atoms with Crippen molar-refractivity contribution in [1.29, 1.82) is 0 Å². The van der Waals surface area contributed by atoms with Crippen LogP contribution in [-0.2, 0) is 0 Å². The largest absolute Gasteiger partial charge is 0.368 e.